The van der Waals surface area contributed by atoms with E-state index in [-0.39, 0.29) is 11.8 Å². The second-order valence-electron chi connectivity index (χ2n) is 8.26. The average Bonchev–Trinajstić information content (AvgIpc) is 3.23. The fraction of sp³-hybridized carbons (Fsp3) is 0.400. The number of rotatable bonds is 6. The summed E-state index contributed by atoms with van der Waals surface area (Å²) in [6.45, 7) is 11.5. The van der Waals surface area contributed by atoms with Gasteiger partial charge in [0, 0.05) is 48.7 Å². The molecule has 3 aromatic rings. The van der Waals surface area contributed by atoms with Crippen LogP contribution in [-0.2, 0) is 0 Å². The number of amides is 1. The number of carbonyl (C=O) groups excluding carboxylic acids is 1. The number of aryl methyl sites for hydroxylation is 1. The van der Waals surface area contributed by atoms with Crippen molar-refractivity contribution in [2.75, 3.05) is 37.7 Å². The van der Waals surface area contributed by atoms with Crippen LogP contribution in [0.25, 0.3) is 10.4 Å². The zero-order valence-electron chi connectivity index (χ0n) is 19.2. The zero-order valence-corrected chi connectivity index (χ0v) is 20.0. The lowest BCUT2D eigenvalue weighted by atomic mass is 10.2. The lowest BCUT2D eigenvalue weighted by Gasteiger charge is -2.35. The number of thiophene rings is 1. The van der Waals surface area contributed by atoms with Crippen LogP contribution in [0.1, 0.15) is 47.9 Å². The van der Waals surface area contributed by atoms with Gasteiger partial charge in [-0.1, -0.05) is 44.2 Å². The van der Waals surface area contributed by atoms with Gasteiger partial charge >= 0.3 is 0 Å². The van der Waals surface area contributed by atoms with Crippen LogP contribution >= 0.6 is 11.3 Å². The first-order valence-electron chi connectivity index (χ1n) is 11.2. The number of carbonyl (C=O) groups is 1. The minimum absolute atomic E-state index is 0.0435. The Morgan fingerprint density at radius 1 is 1.09 bits per heavy atom. The van der Waals surface area contributed by atoms with Gasteiger partial charge in [0.2, 0.25) is 0 Å². The van der Waals surface area contributed by atoms with Crippen molar-refractivity contribution in [3.8, 4) is 16.2 Å². The molecular formula is C25H30N4O2S. The van der Waals surface area contributed by atoms with Gasteiger partial charge in [-0.3, -0.25) is 4.79 Å². The van der Waals surface area contributed by atoms with Crippen molar-refractivity contribution in [3.63, 3.8) is 0 Å². The van der Waals surface area contributed by atoms with Crippen LogP contribution in [0.5, 0.6) is 5.75 Å². The second kappa shape index (κ2) is 9.69. The van der Waals surface area contributed by atoms with Crippen LogP contribution in [0.3, 0.4) is 0 Å². The van der Waals surface area contributed by atoms with E-state index in [9.17, 15) is 4.79 Å². The van der Waals surface area contributed by atoms with Crippen molar-refractivity contribution in [2.24, 2.45) is 0 Å². The molecule has 1 saturated heterocycles. The Bertz CT molecular complexity index is 1070. The third-order valence-corrected chi connectivity index (χ3v) is 6.67. The number of anilines is 1. The third-order valence-electron chi connectivity index (χ3n) is 5.52. The zero-order chi connectivity index (χ0) is 22.7. The Kier molecular flexibility index (Phi) is 6.74. The second-order valence-corrected chi connectivity index (χ2v) is 9.31. The molecule has 7 heteroatoms. The van der Waals surface area contributed by atoms with E-state index >= 15 is 0 Å². The molecule has 168 valence electrons. The van der Waals surface area contributed by atoms with Crippen molar-refractivity contribution in [1.29, 1.82) is 0 Å². The quantitative estimate of drug-likeness (QED) is 0.529. The average molecular weight is 451 g/mol. The Morgan fingerprint density at radius 2 is 1.81 bits per heavy atom. The van der Waals surface area contributed by atoms with Crippen LogP contribution in [0, 0.1) is 6.92 Å². The number of aromatic nitrogens is 2. The minimum Gasteiger partial charge on any atom is -0.492 e. The molecule has 1 fully saturated rings. The molecule has 0 atom stereocenters. The number of benzene rings is 1. The summed E-state index contributed by atoms with van der Waals surface area (Å²) in [4.78, 5) is 28.6. The molecule has 32 heavy (non-hydrogen) atoms. The first-order valence-corrected chi connectivity index (χ1v) is 12.0. The lowest BCUT2D eigenvalue weighted by Crippen LogP contribution is -2.49. The van der Waals surface area contributed by atoms with E-state index in [0.29, 0.717) is 30.3 Å². The fourth-order valence-corrected chi connectivity index (χ4v) is 4.88. The van der Waals surface area contributed by atoms with Crippen molar-refractivity contribution in [2.45, 2.75) is 33.6 Å². The summed E-state index contributed by atoms with van der Waals surface area (Å²) in [7, 11) is 0. The lowest BCUT2D eigenvalue weighted by molar-refractivity contribution is 0.0747. The van der Waals surface area contributed by atoms with E-state index in [0.717, 1.165) is 40.9 Å². The summed E-state index contributed by atoms with van der Waals surface area (Å²) in [5.41, 5.74) is 2.08. The van der Waals surface area contributed by atoms with E-state index in [4.69, 9.17) is 9.72 Å². The smallest absolute Gasteiger partial charge is 0.267 e. The first-order chi connectivity index (χ1) is 15.5. The van der Waals surface area contributed by atoms with Crippen LogP contribution in [0.2, 0.25) is 0 Å². The number of ether oxygens (including phenoxy) is 1. The van der Waals surface area contributed by atoms with Gasteiger partial charge in [-0.15, -0.1) is 11.3 Å². The summed E-state index contributed by atoms with van der Waals surface area (Å²) in [5, 5.41) is 0. The Hall–Kier alpha value is -2.93. The van der Waals surface area contributed by atoms with E-state index in [1.807, 2.05) is 49.1 Å². The number of piperazine rings is 1. The molecule has 1 aromatic carbocycles. The molecule has 0 saturated carbocycles. The molecule has 1 aliphatic rings. The molecule has 1 amide bonds. The molecule has 6 nitrogen and oxygen atoms in total. The Labute approximate surface area is 193 Å². The highest BCUT2D eigenvalue weighted by Gasteiger charge is 2.27. The summed E-state index contributed by atoms with van der Waals surface area (Å²) in [6, 6.07) is 14.2. The predicted molar refractivity (Wildman–Crippen MR) is 130 cm³/mol. The maximum atomic E-state index is 13.4. The van der Waals surface area contributed by atoms with Crippen molar-refractivity contribution in [3.05, 3.63) is 58.9 Å². The first kappa shape index (κ1) is 22.3. The van der Waals surface area contributed by atoms with E-state index < -0.39 is 0 Å². The molecule has 4 rings (SSSR count). The van der Waals surface area contributed by atoms with Gasteiger partial charge in [-0.25, -0.2) is 9.97 Å². The van der Waals surface area contributed by atoms with Gasteiger partial charge < -0.3 is 14.5 Å². The van der Waals surface area contributed by atoms with Gasteiger partial charge in [0.15, 0.2) is 0 Å². The summed E-state index contributed by atoms with van der Waals surface area (Å²) < 4.78 is 5.83. The predicted octanol–water partition coefficient (Wildman–Crippen LogP) is 5.00. The minimum atomic E-state index is 0.0435. The van der Waals surface area contributed by atoms with Crippen LogP contribution < -0.4 is 9.64 Å². The Balaban J connectivity index is 1.50. The van der Waals surface area contributed by atoms with Crippen molar-refractivity contribution < 1.29 is 9.53 Å². The van der Waals surface area contributed by atoms with Crippen LogP contribution in [-0.4, -0.2) is 53.6 Å². The molecule has 1 aliphatic heterocycles. The third kappa shape index (κ3) is 4.78. The molecule has 0 bridgehead atoms. The van der Waals surface area contributed by atoms with Crippen LogP contribution in [0.15, 0.2) is 42.5 Å². The summed E-state index contributed by atoms with van der Waals surface area (Å²) in [6.07, 6.45) is 0. The normalized spacial score (nSPS) is 14.2. The van der Waals surface area contributed by atoms with E-state index in [2.05, 4.69) is 35.9 Å². The highest BCUT2D eigenvalue weighted by atomic mass is 32.1. The summed E-state index contributed by atoms with van der Waals surface area (Å²) in [5.74, 6) is 2.82. The number of nitrogens with zero attached hydrogens (tertiary/aromatic N) is 4. The molecular weight excluding hydrogens is 420 g/mol. The molecule has 3 heterocycles. The van der Waals surface area contributed by atoms with Crippen molar-refractivity contribution in [1.82, 2.24) is 14.9 Å². The van der Waals surface area contributed by atoms with Gasteiger partial charge in [0.25, 0.3) is 5.91 Å². The molecule has 0 aliphatic carbocycles. The molecule has 0 N–H and O–H groups in total. The largest absolute Gasteiger partial charge is 0.492 e. The van der Waals surface area contributed by atoms with E-state index in [1.54, 1.807) is 0 Å². The monoisotopic (exact) mass is 450 g/mol. The number of hydrogen-bond donors (Lipinski definition) is 0. The van der Waals surface area contributed by atoms with Gasteiger partial charge in [0.05, 0.1) is 6.61 Å². The van der Waals surface area contributed by atoms with Crippen molar-refractivity contribution >= 4 is 23.1 Å². The van der Waals surface area contributed by atoms with Crippen LogP contribution in [0.4, 0.5) is 5.82 Å². The topological polar surface area (TPSA) is 58.6 Å². The highest BCUT2D eigenvalue weighted by Crippen LogP contribution is 2.37. The van der Waals surface area contributed by atoms with Gasteiger partial charge in [-0.05, 0) is 25.5 Å². The highest BCUT2D eigenvalue weighted by molar-refractivity contribution is 7.17. The standard InChI is InChI=1S/C25H30N4O2S/c1-5-31-20-16-21(19-9-7-6-8-10-19)32-23(20)25(30)29-13-11-28(12-14-29)22-15-18(4)26-24(27-22)17(2)3/h6-10,15-17H,5,11-14H2,1-4H3. The van der Waals surface area contributed by atoms with E-state index in [1.165, 1.54) is 11.3 Å². The van der Waals surface area contributed by atoms with Gasteiger partial charge in [-0.2, -0.15) is 0 Å². The van der Waals surface area contributed by atoms with Gasteiger partial charge in [0.1, 0.15) is 22.3 Å². The molecule has 0 radical (unpaired) electrons. The molecule has 2 aromatic heterocycles. The summed E-state index contributed by atoms with van der Waals surface area (Å²) >= 11 is 1.51. The maximum absolute atomic E-state index is 13.4. The number of hydrogen-bond acceptors (Lipinski definition) is 6. The fourth-order valence-electron chi connectivity index (χ4n) is 3.81. The maximum Gasteiger partial charge on any atom is 0.267 e. The molecule has 0 spiro atoms. The SMILES string of the molecule is CCOc1cc(-c2ccccc2)sc1C(=O)N1CCN(c2cc(C)nc(C(C)C)n2)CC1. The molecule has 0 unspecified atom stereocenters. The Morgan fingerprint density at radius 3 is 2.47 bits per heavy atom.